The van der Waals surface area contributed by atoms with Crippen LogP contribution in [0.1, 0.15) is 30.6 Å². The van der Waals surface area contributed by atoms with E-state index in [4.69, 9.17) is 15.6 Å². The molecule has 5 heteroatoms. The summed E-state index contributed by atoms with van der Waals surface area (Å²) in [4.78, 5) is 12.2. The molecule has 0 bridgehead atoms. The summed E-state index contributed by atoms with van der Waals surface area (Å²) in [7, 11) is 1.50. The molecule has 1 aromatic rings. The summed E-state index contributed by atoms with van der Waals surface area (Å²) in [5.41, 5.74) is 6.65. The lowest BCUT2D eigenvalue weighted by molar-refractivity contribution is 0.0913. The number of benzene rings is 1. The zero-order valence-corrected chi connectivity index (χ0v) is 11.6. The van der Waals surface area contributed by atoms with Crippen LogP contribution in [-0.4, -0.2) is 30.8 Å². The number of amides is 1. The van der Waals surface area contributed by atoms with Crippen LogP contribution in [0.25, 0.3) is 0 Å². The SMILES string of the molecule is COc1cc(N)ccc1C(=O)NC(CCO)C(C)C. The molecule has 0 heterocycles. The standard InChI is InChI=1S/C14H22N2O3/c1-9(2)12(6-7-17)16-14(18)11-5-4-10(15)8-13(11)19-3/h4-5,8-9,12,17H,6-7,15H2,1-3H3,(H,16,18). The molecule has 1 amide bonds. The Labute approximate surface area is 113 Å². The fraction of sp³-hybridized carbons (Fsp3) is 0.500. The normalized spacial score (nSPS) is 12.3. The number of methoxy groups -OCH3 is 1. The van der Waals surface area contributed by atoms with Crippen molar-refractivity contribution in [3.63, 3.8) is 0 Å². The number of nitrogen functional groups attached to an aromatic ring is 1. The number of aliphatic hydroxyl groups is 1. The van der Waals surface area contributed by atoms with Crippen LogP contribution in [0.3, 0.4) is 0 Å². The van der Waals surface area contributed by atoms with E-state index in [2.05, 4.69) is 5.32 Å². The Morgan fingerprint density at radius 3 is 2.68 bits per heavy atom. The molecule has 0 aliphatic heterocycles. The third-order valence-corrected chi connectivity index (χ3v) is 3.03. The first-order valence-corrected chi connectivity index (χ1v) is 6.34. The number of carbonyl (C=O) groups excluding carboxylic acids is 1. The summed E-state index contributed by atoms with van der Waals surface area (Å²) in [6.07, 6.45) is 0.528. The van der Waals surface area contributed by atoms with Crippen LogP contribution in [0.15, 0.2) is 18.2 Å². The second-order valence-corrected chi connectivity index (χ2v) is 4.80. The molecular weight excluding hydrogens is 244 g/mol. The van der Waals surface area contributed by atoms with Gasteiger partial charge in [0.15, 0.2) is 0 Å². The third-order valence-electron chi connectivity index (χ3n) is 3.03. The van der Waals surface area contributed by atoms with Crippen LogP contribution in [0.5, 0.6) is 5.75 Å². The summed E-state index contributed by atoms with van der Waals surface area (Å²) in [5, 5.41) is 11.9. The Balaban J connectivity index is 2.88. The first kappa shape index (κ1) is 15.3. The van der Waals surface area contributed by atoms with Gasteiger partial charge in [0.05, 0.1) is 12.7 Å². The first-order valence-electron chi connectivity index (χ1n) is 6.34. The van der Waals surface area contributed by atoms with Crippen molar-refractivity contribution >= 4 is 11.6 Å². The number of rotatable bonds is 6. The van der Waals surface area contributed by atoms with Crippen molar-refractivity contribution in [1.29, 1.82) is 0 Å². The fourth-order valence-corrected chi connectivity index (χ4v) is 1.85. The van der Waals surface area contributed by atoms with Gasteiger partial charge >= 0.3 is 0 Å². The Hall–Kier alpha value is -1.75. The molecule has 0 fully saturated rings. The van der Waals surface area contributed by atoms with Crippen molar-refractivity contribution in [1.82, 2.24) is 5.32 Å². The van der Waals surface area contributed by atoms with E-state index < -0.39 is 0 Å². The van der Waals surface area contributed by atoms with E-state index in [-0.39, 0.29) is 24.5 Å². The maximum absolute atomic E-state index is 12.2. The van der Waals surface area contributed by atoms with Crippen molar-refractivity contribution in [2.45, 2.75) is 26.3 Å². The maximum atomic E-state index is 12.2. The van der Waals surface area contributed by atoms with Gasteiger partial charge < -0.3 is 20.9 Å². The van der Waals surface area contributed by atoms with E-state index >= 15 is 0 Å². The Bertz CT molecular complexity index is 433. The van der Waals surface area contributed by atoms with Gasteiger partial charge in [-0.05, 0) is 24.5 Å². The zero-order chi connectivity index (χ0) is 14.4. The van der Waals surface area contributed by atoms with E-state index in [1.54, 1.807) is 18.2 Å². The van der Waals surface area contributed by atoms with Crippen molar-refractivity contribution < 1.29 is 14.6 Å². The highest BCUT2D eigenvalue weighted by atomic mass is 16.5. The average Bonchev–Trinajstić information content (AvgIpc) is 2.37. The van der Waals surface area contributed by atoms with Crippen LogP contribution in [0.2, 0.25) is 0 Å². The van der Waals surface area contributed by atoms with Crippen LogP contribution in [0, 0.1) is 5.92 Å². The molecule has 5 nitrogen and oxygen atoms in total. The Morgan fingerprint density at radius 2 is 2.16 bits per heavy atom. The lowest BCUT2D eigenvalue weighted by Gasteiger charge is -2.22. The number of carbonyl (C=O) groups is 1. The predicted octanol–water partition coefficient (Wildman–Crippen LogP) is 1.41. The molecule has 4 N–H and O–H groups in total. The monoisotopic (exact) mass is 266 g/mol. The molecule has 1 unspecified atom stereocenters. The second kappa shape index (κ2) is 6.99. The topological polar surface area (TPSA) is 84.6 Å². The van der Waals surface area contributed by atoms with Crippen molar-refractivity contribution in [2.24, 2.45) is 5.92 Å². The molecule has 1 rings (SSSR count). The molecule has 19 heavy (non-hydrogen) atoms. The highest BCUT2D eigenvalue weighted by Crippen LogP contribution is 2.21. The highest BCUT2D eigenvalue weighted by Gasteiger charge is 2.19. The Kier molecular flexibility index (Phi) is 5.63. The summed E-state index contributed by atoms with van der Waals surface area (Å²) < 4.78 is 5.16. The molecule has 1 atom stereocenters. The van der Waals surface area contributed by atoms with Crippen LogP contribution < -0.4 is 15.8 Å². The molecule has 0 aromatic heterocycles. The van der Waals surface area contributed by atoms with Gasteiger partial charge in [-0.25, -0.2) is 0 Å². The maximum Gasteiger partial charge on any atom is 0.255 e. The molecule has 0 aliphatic rings. The van der Waals surface area contributed by atoms with Gasteiger partial charge in [-0.1, -0.05) is 13.8 Å². The lowest BCUT2D eigenvalue weighted by atomic mass is 10.0. The molecule has 0 aliphatic carbocycles. The summed E-state index contributed by atoms with van der Waals surface area (Å²) in [5.74, 6) is 0.476. The summed E-state index contributed by atoms with van der Waals surface area (Å²) in [6, 6.07) is 4.85. The van der Waals surface area contributed by atoms with Crippen LogP contribution in [-0.2, 0) is 0 Å². The average molecular weight is 266 g/mol. The zero-order valence-electron chi connectivity index (χ0n) is 11.6. The van der Waals surface area contributed by atoms with E-state index in [1.807, 2.05) is 13.8 Å². The fourth-order valence-electron chi connectivity index (χ4n) is 1.85. The number of hydrogen-bond donors (Lipinski definition) is 3. The predicted molar refractivity (Wildman–Crippen MR) is 75.2 cm³/mol. The van der Waals surface area contributed by atoms with Gasteiger partial charge in [0.2, 0.25) is 0 Å². The minimum absolute atomic E-state index is 0.0437. The van der Waals surface area contributed by atoms with Gasteiger partial charge in [0.1, 0.15) is 5.75 Å². The number of hydrogen-bond acceptors (Lipinski definition) is 4. The van der Waals surface area contributed by atoms with Crippen molar-refractivity contribution in [3.8, 4) is 5.75 Å². The van der Waals surface area contributed by atoms with Gasteiger partial charge in [0, 0.05) is 24.4 Å². The molecule has 0 radical (unpaired) electrons. The van der Waals surface area contributed by atoms with Crippen molar-refractivity contribution in [3.05, 3.63) is 23.8 Å². The first-order chi connectivity index (χ1) is 8.99. The molecule has 1 aromatic carbocycles. The minimum Gasteiger partial charge on any atom is -0.496 e. The highest BCUT2D eigenvalue weighted by molar-refractivity contribution is 5.97. The number of nitrogens with one attached hydrogen (secondary N) is 1. The molecule has 0 saturated carbocycles. The molecular formula is C14H22N2O3. The molecule has 0 saturated heterocycles. The van der Waals surface area contributed by atoms with E-state index in [9.17, 15) is 4.79 Å². The van der Waals surface area contributed by atoms with E-state index in [0.29, 0.717) is 23.4 Å². The minimum atomic E-state index is -0.219. The number of anilines is 1. The molecule has 0 spiro atoms. The number of ether oxygens (including phenoxy) is 1. The summed E-state index contributed by atoms with van der Waals surface area (Å²) >= 11 is 0. The van der Waals surface area contributed by atoms with E-state index in [0.717, 1.165) is 0 Å². The number of aliphatic hydroxyl groups excluding tert-OH is 1. The number of nitrogens with two attached hydrogens (primary N) is 1. The van der Waals surface area contributed by atoms with Crippen molar-refractivity contribution in [2.75, 3.05) is 19.5 Å². The van der Waals surface area contributed by atoms with E-state index in [1.165, 1.54) is 7.11 Å². The quantitative estimate of drug-likeness (QED) is 0.680. The van der Waals surface area contributed by atoms with Gasteiger partial charge in [-0.15, -0.1) is 0 Å². The largest absolute Gasteiger partial charge is 0.496 e. The smallest absolute Gasteiger partial charge is 0.255 e. The Morgan fingerprint density at radius 1 is 1.47 bits per heavy atom. The lowest BCUT2D eigenvalue weighted by Crippen LogP contribution is -2.39. The molecule has 106 valence electrons. The van der Waals surface area contributed by atoms with Crippen LogP contribution in [0.4, 0.5) is 5.69 Å². The van der Waals surface area contributed by atoms with Gasteiger partial charge in [-0.3, -0.25) is 4.79 Å². The van der Waals surface area contributed by atoms with Gasteiger partial charge in [-0.2, -0.15) is 0 Å². The third kappa shape index (κ3) is 4.13. The summed E-state index contributed by atoms with van der Waals surface area (Å²) in [6.45, 7) is 4.05. The second-order valence-electron chi connectivity index (χ2n) is 4.80. The van der Waals surface area contributed by atoms with Gasteiger partial charge in [0.25, 0.3) is 5.91 Å². The van der Waals surface area contributed by atoms with Crippen LogP contribution >= 0.6 is 0 Å².